The van der Waals surface area contributed by atoms with Crippen molar-refractivity contribution in [3.8, 4) is 5.75 Å². The molecule has 1 rings (SSSR count). The average molecular weight is 269 g/mol. The van der Waals surface area contributed by atoms with Crippen LogP contribution in [0.25, 0.3) is 0 Å². The van der Waals surface area contributed by atoms with Crippen molar-refractivity contribution in [2.45, 2.75) is 13.0 Å². The van der Waals surface area contributed by atoms with Crippen LogP contribution in [0.1, 0.15) is 27.6 Å². The first-order chi connectivity index (χ1) is 8.49. The third-order valence-corrected chi connectivity index (χ3v) is 2.78. The highest BCUT2D eigenvalue weighted by Gasteiger charge is 2.13. The van der Waals surface area contributed by atoms with Crippen molar-refractivity contribution in [2.75, 3.05) is 5.88 Å². The van der Waals surface area contributed by atoms with Crippen molar-refractivity contribution >= 4 is 23.9 Å². The lowest BCUT2D eigenvalue weighted by Gasteiger charge is -2.17. The first-order valence-electron chi connectivity index (χ1n) is 5.22. The summed E-state index contributed by atoms with van der Waals surface area (Å²) in [4.78, 5) is 21.7. The number of carbonyl (C=O) groups is 2. The fraction of sp³-hybridized carbons (Fsp3) is 0.231. The van der Waals surface area contributed by atoms with E-state index in [9.17, 15) is 9.59 Å². The summed E-state index contributed by atoms with van der Waals surface area (Å²) in [6.07, 6.45) is 0.203. The monoisotopic (exact) mass is 268 g/mol. The second-order valence-electron chi connectivity index (χ2n) is 3.73. The van der Waals surface area contributed by atoms with E-state index in [0.29, 0.717) is 17.6 Å². The predicted molar refractivity (Wildman–Crippen MR) is 68.7 cm³/mol. The van der Waals surface area contributed by atoms with E-state index in [1.54, 1.807) is 6.92 Å². The highest BCUT2D eigenvalue weighted by Crippen LogP contribution is 2.21. The van der Waals surface area contributed by atoms with Gasteiger partial charge in [0, 0.05) is 5.88 Å². The molecular weight excluding hydrogens is 256 g/mol. The summed E-state index contributed by atoms with van der Waals surface area (Å²) < 4.78 is 5.52. The Kier molecular flexibility index (Phi) is 4.92. The molecule has 0 aliphatic carbocycles. The zero-order valence-electron chi connectivity index (χ0n) is 9.85. The van der Waals surface area contributed by atoms with E-state index in [0.717, 1.165) is 0 Å². The highest BCUT2D eigenvalue weighted by atomic mass is 35.5. The smallest absolute Gasteiger partial charge is 0.335 e. The number of carbonyl (C=O) groups excluding carboxylic acids is 1. The van der Waals surface area contributed by atoms with E-state index in [1.807, 2.05) is 0 Å². The molecule has 0 saturated heterocycles. The Bertz CT molecular complexity index is 482. The summed E-state index contributed by atoms with van der Waals surface area (Å²) in [5.74, 6) is -0.526. The molecule has 0 aromatic heterocycles. The summed E-state index contributed by atoms with van der Waals surface area (Å²) in [6.45, 7) is 5.49. The van der Waals surface area contributed by atoms with Gasteiger partial charge in [0.15, 0.2) is 6.29 Å². The zero-order chi connectivity index (χ0) is 13.7. The van der Waals surface area contributed by atoms with Crippen LogP contribution in [0.15, 0.2) is 30.4 Å². The number of ether oxygens (including phenoxy) is 1. The molecule has 0 aliphatic rings. The molecule has 0 heterocycles. The number of aromatic carboxylic acids is 1. The van der Waals surface area contributed by atoms with Crippen molar-refractivity contribution in [2.24, 2.45) is 0 Å². The molecular formula is C13H13ClO4. The number of rotatable bonds is 6. The second kappa shape index (κ2) is 6.21. The number of alkyl halides is 1. The van der Waals surface area contributed by atoms with Gasteiger partial charge in [-0.3, -0.25) is 4.79 Å². The molecule has 18 heavy (non-hydrogen) atoms. The molecule has 1 atom stereocenters. The fourth-order valence-electron chi connectivity index (χ4n) is 1.26. The predicted octanol–water partition coefficient (Wildman–Crippen LogP) is 2.76. The maximum Gasteiger partial charge on any atom is 0.335 e. The average Bonchev–Trinajstić information content (AvgIpc) is 2.37. The molecule has 1 aromatic carbocycles. The largest absolute Gasteiger partial charge is 0.486 e. The number of aldehydes is 1. The molecule has 1 unspecified atom stereocenters. The summed E-state index contributed by atoms with van der Waals surface area (Å²) >= 11 is 5.63. The molecule has 4 nitrogen and oxygen atoms in total. The van der Waals surface area contributed by atoms with Gasteiger partial charge in [-0.05, 0) is 30.7 Å². The van der Waals surface area contributed by atoms with E-state index in [4.69, 9.17) is 21.4 Å². The third-order valence-electron chi connectivity index (χ3n) is 2.43. The van der Waals surface area contributed by atoms with Crippen LogP contribution in [0.5, 0.6) is 5.75 Å². The molecule has 1 aromatic rings. The topological polar surface area (TPSA) is 63.6 Å². The SMILES string of the molecule is C=C(CCl)C(C)Oc1ccc(C(=O)O)cc1C=O. The summed E-state index contributed by atoms with van der Waals surface area (Å²) in [7, 11) is 0. The standard InChI is InChI=1S/C13H13ClO4/c1-8(6-14)9(2)18-12-4-3-10(13(16)17)5-11(12)7-15/h3-5,7,9H,1,6H2,2H3,(H,16,17). The van der Waals surface area contributed by atoms with Crippen LogP contribution in [-0.4, -0.2) is 29.3 Å². The third kappa shape index (κ3) is 3.34. The van der Waals surface area contributed by atoms with Gasteiger partial charge in [0.25, 0.3) is 0 Å². The minimum absolute atomic E-state index is 0.0354. The Balaban J connectivity index is 2.99. The Labute approximate surface area is 110 Å². The maximum atomic E-state index is 10.9. The Hall–Kier alpha value is -1.81. The zero-order valence-corrected chi connectivity index (χ0v) is 10.6. The van der Waals surface area contributed by atoms with Gasteiger partial charge in [0.2, 0.25) is 0 Å². The van der Waals surface area contributed by atoms with Crippen LogP contribution < -0.4 is 4.74 Å². The number of carboxylic acids is 1. The molecule has 0 saturated carbocycles. The lowest BCUT2D eigenvalue weighted by atomic mass is 10.1. The van der Waals surface area contributed by atoms with Gasteiger partial charge in [-0.25, -0.2) is 4.79 Å². The molecule has 96 valence electrons. The normalized spacial score (nSPS) is 11.7. The Morgan fingerprint density at radius 1 is 1.61 bits per heavy atom. The molecule has 0 radical (unpaired) electrons. The van der Waals surface area contributed by atoms with Crippen molar-refractivity contribution < 1.29 is 19.4 Å². The number of halogens is 1. The van der Waals surface area contributed by atoms with Crippen LogP contribution >= 0.6 is 11.6 Å². The fourth-order valence-corrected chi connectivity index (χ4v) is 1.48. The van der Waals surface area contributed by atoms with Gasteiger partial charge in [-0.1, -0.05) is 6.58 Å². The molecule has 5 heteroatoms. The highest BCUT2D eigenvalue weighted by molar-refractivity contribution is 6.19. The Morgan fingerprint density at radius 2 is 2.28 bits per heavy atom. The van der Waals surface area contributed by atoms with Crippen LogP contribution in [0.4, 0.5) is 0 Å². The van der Waals surface area contributed by atoms with Gasteiger partial charge in [-0.2, -0.15) is 0 Å². The molecule has 1 N–H and O–H groups in total. The summed E-state index contributed by atoms with van der Waals surface area (Å²) in [5.41, 5.74) is 0.897. The van der Waals surface area contributed by atoms with Gasteiger partial charge in [0.1, 0.15) is 11.9 Å². The first-order valence-corrected chi connectivity index (χ1v) is 5.75. The van der Waals surface area contributed by atoms with Crippen molar-refractivity contribution in [1.29, 1.82) is 0 Å². The second-order valence-corrected chi connectivity index (χ2v) is 3.99. The van der Waals surface area contributed by atoms with E-state index in [-0.39, 0.29) is 23.1 Å². The van der Waals surface area contributed by atoms with Gasteiger partial charge in [0.05, 0.1) is 11.1 Å². The van der Waals surface area contributed by atoms with Crippen LogP contribution in [-0.2, 0) is 0 Å². The van der Waals surface area contributed by atoms with Crippen LogP contribution in [0.3, 0.4) is 0 Å². The van der Waals surface area contributed by atoms with E-state index in [2.05, 4.69) is 6.58 Å². The van der Waals surface area contributed by atoms with Gasteiger partial charge < -0.3 is 9.84 Å². The van der Waals surface area contributed by atoms with E-state index >= 15 is 0 Å². The van der Waals surface area contributed by atoms with E-state index < -0.39 is 5.97 Å². The van der Waals surface area contributed by atoms with E-state index in [1.165, 1.54) is 18.2 Å². The lowest BCUT2D eigenvalue weighted by molar-refractivity contribution is 0.0697. The number of carboxylic acid groups (broad SMARTS) is 1. The maximum absolute atomic E-state index is 10.9. The van der Waals surface area contributed by atoms with Crippen molar-refractivity contribution in [3.63, 3.8) is 0 Å². The molecule has 0 aliphatic heterocycles. The number of hydrogen-bond donors (Lipinski definition) is 1. The van der Waals surface area contributed by atoms with Crippen LogP contribution in [0.2, 0.25) is 0 Å². The molecule has 0 amide bonds. The van der Waals surface area contributed by atoms with Crippen molar-refractivity contribution in [1.82, 2.24) is 0 Å². The van der Waals surface area contributed by atoms with Gasteiger partial charge in [-0.15, -0.1) is 11.6 Å². The summed E-state index contributed by atoms with van der Waals surface area (Å²) in [5, 5.41) is 8.82. The Morgan fingerprint density at radius 3 is 2.78 bits per heavy atom. The quantitative estimate of drug-likeness (QED) is 0.489. The molecule has 0 spiro atoms. The minimum Gasteiger partial charge on any atom is -0.486 e. The molecule has 0 bridgehead atoms. The lowest BCUT2D eigenvalue weighted by Crippen LogP contribution is -2.16. The minimum atomic E-state index is -1.09. The molecule has 0 fully saturated rings. The number of benzene rings is 1. The first kappa shape index (κ1) is 14.3. The van der Waals surface area contributed by atoms with Crippen molar-refractivity contribution in [3.05, 3.63) is 41.5 Å². The van der Waals surface area contributed by atoms with Crippen LogP contribution in [0, 0.1) is 0 Å². The van der Waals surface area contributed by atoms with Gasteiger partial charge >= 0.3 is 5.97 Å². The summed E-state index contributed by atoms with van der Waals surface area (Å²) in [6, 6.07) is 4.09. The number of hydrogen-bond acceptors (Lipinski definition) is 3.